The zero-order valence-corrected chi connectivity index (χ0v) is 15.0. The Kier molecular flexibility index (Phi) is 5.32. The van der Waals surface area contributed by atoms with Gasteiger partial charge in [-0.15, -0.1) is 0 Å². The van der Waals surface area contributed by atoms with Crippen molar-refractivity contribution in [1.82, 2.24) is 16.0 Å². The Balaban J connectivity index is 1.69. The molecule has 2 aliphatic rings. The number of benzene rings is 1. The number of hydrogen-bond donors (Lipinski definition) is 3. The second-order valence-electron chi connectivity index (χ2n) is 6.99. The van der Waals surface area contributed by atoms with E-state index in [0.29, 0.717) is 11.5 Å². The van der Waals surface area contributed by atoms with Gasteiger partial charge in [0.25, 0.3) is 0 Å². The molecule has 3 N–H and O–H groups in total. The molecule has 1 saturated heterocycles. The highest BCUT2D eigenvalue weighted by Gasteiger charge is 2.39. The molecular weight excluding hydrogens is 363 g/mol. The van der Waals surface area contributed by atoms with Gasteiger partial charge in [0.1, 0.15) is 5.75 Å². The number of carbonyl (C=O) groups excluding carboxylic acids is 2. The second-order valence-corrected chi connectivity index (χ2v) is 6.99. The quantitative estimate of drug-likeness (QED) is 0.725. The van der Waals surface area contributed by atoms with Gasteiger partial charge < -0.3 is 15.4 Å². The lowest BCUT2D eigenvalue weighted by Crippen LogP contribution is -2.61. The standard InChI is InChI=1S/C18H22F3N3O3/c1-9(12-6-5-11(18(19,20)21)7-14(12)27-2)22-17(26)13-8-15(25)24-16(23-13)10-3-4-10/h5-7,9-10,13,16,23H,3-4,8H2,1-2H3,(H,22,26)(H,24,25)/t9-,13?,16?/m0/s1. The normalized spacial score (nSPS) is 24.1. The Morgan fingerprint density at radius 1 is 1.33 bits per heavy atom. The van der Waals surface area contributed by atoms with Crippen LogP contribution in [-0.2, 0) is 15.8 Å². The van der Waals surface area contributed by atoms with Crippen LogP contribution < -0.4 is 20.7 Å². The monoisotopic (exact) mass is 385 g/mol. The molecule has 1 saturated carbocycles. The van der Waals surface area contributed by atoms with Gasteiger partial charge in [0, 0.05) is 5.56 Å². The molecule has 0 bridgehead atoms. The van der Waals surface area contributed by atoms with Crippen molar-refractivity contribution in [2.75, 3.05) is 7.11 Å². The molecule has 1 aliphatic carbocycles. The Hall–Kier alpha value is -2.29. The van der Waals surface area contributed by atoms with Crippen LogP contribution >= 0.6 is 0 Å². The maximum Gasteiger partial charge on any atom is 0.416 e. The summed E-state index contributed by atoms with van der Waals surface area (Å²) in [6, 6.07) is 1.90. The van der Waals surface area contributed by atoms with Gasteiger partial charge in [-0.1, -0.05) is 6.07 Å². The van der Waals surface area contributed by atoms with Gasteiger partial charge in [-0.25, -0.2) is 0 Å². The van der Waals surface area contributed by atoms with E-state index in [1.54, 1.807) is 6.92 Å². The fourth-order valence-corrected chi connectivity index (χ4v) is 3.22. The first-order chi connectivity index (χ1) is 12.7. The number of ether oxygens (including phenoxy) is 1. The van der Waals surface area contributed by atoms with E-state index < -0.39 is 23.8 Å². The molecule has 0 aromatic heterocycles. The zero-order chi connectivity index (χ0) is 19.8. The van der Waals surface area contributed by atoms with Crippen LogP contribution in [-0.4, -0.2) is 31.1 Å². The maximum absolute atomic E-state index is 12.9. The third kappa shape index (κ3) is 4.52. The molecule has 3 rings (SSSR count). The predicted octanol–water partition coefficient (Wildman–Crippen LogP) is 2.11. The molecule has 1 heterocycles. The molecule has 1 aromatic rings. The average Bonchev–Trinajstić information content (AvgIpc) is 3.44. The van der Waals surface area contributed by atoms with E-state index in [9.17, 15) is 22.8 Å². The van der Waals surface area contributed by atoms with Crippen molar-refractivity contribution in [3.63, 3.8) is 0 Å². The summed E-state index contributed by atoms with van der Waals surface area (Å²) in [6.45, 7) is 1.66. The first-order valence-corrected chi connectivity index (χ1v) is 8.80. The van der Waals surface area contributed by atoms with Gasteiger partial charge in [0.15, 0.2) is 0 Å². The van der Waals surface area contributed by atoms with Crippen LogP contribution in [0.15, 0.2) is 18.2 Å². The Morgan fingerprint density at radius 3 is 2.63 bits per heavy atom. The molecule has 2 amide bonds. The highest BCUT2D eigenvalue weighted by molar-refractivity contribution is 5.89. The van der Waals surface area contributed by atoms with E-state index in [1.807, 2.05) is 0 Å². The van der Waals surface area contributed by atoms with E-state index in [2.05, 4.69) is 16.0 Å². The minimum atomic E-state index is -4.48. The van der Waals surface area contributed by atoms with Crippen LogP contribution in [0.5, 0.6) is 5.75 Å². The van der Waals surface area contributed by atoms with Gasteiger partial charge in [0.05, 0.1) is 37.3 Å². The van der Waals surface area contributed by atoms with Gasteiger partial charge >= 0.3 is 6.18 Å². The fourth-order valence-electron chi connectivity index (χ4n) is 3.22. The zero-order valence-electron chi connectivity index (χ0n) is 15.0. The van der Waals surface area contributed by atoms with Gasteiger partial charge in [-0.05, 0) is 37.8 Å². The summed E-state index contributed by atoms with van der Waals surface area (Å²) in [5.41, 5.74) is -0.391. The van der Waals surface area contributed by atoms with Gasteiger partial charge in [-0.3, -0.25) is 14.9 Å². The number of halogens is 3. The summed E-state index contributed by atoms with van der Waals surface area (Å²) in [5.74, 6) is -0.171. The molecule has 0 spiro atoms. The van der Waals surface area contributed by atoms with E-state index >= 15 is 0 Å². The van der Waals surface area contributed by atoms with E-state index in [-0.39, 0.29) is 30.2 Å². The SMILES string of the molecule is COc1cc(C(F)(F)F)ccc1[C@H](C)NC(=O)C1CC(=O)NC(C2CC2)N1. The second kappa shape index (κ2) is 7.38. The third-order valence-corrected chi connectivity index (χ3v) is 4.88. The van der Waals surface area contributed by atoms with Crippen molar-refractivity contribution in [2.45, 2.75) is 50.6 Å². The lowest BCUT2D eigenvalue weighted by molar-refractivity contribution is -0.137. The molecule has 9 heteroatoms. The maximum atomic E-state index is 12.9. The molecule has 148 valence electrons. The number of methoxy groups -OCH3 is 1. The minimum Gasteiger partial charge on any atom is -0.496 e. The van der Waals surface area contributed by atoms with E-state index in [1.165, 1.54) is 13.2 Å². The van der Waals surface area contributed by atoms with E-state index in [0.717, 1.165) is 25.0 Å². The smallest absolute Gasteiger partial charge is 0.416 e. The topological polar surface area (TPSA) is 79.5 Å². The molecule has 27 heavy (non-hydrogen) atoms. The Labute approximate surface area is 154 Å². The number of nitrogens with one attached hydrogen (secondary N) is 3. The molecule has 3 atom stereocenters. The summed E-state index contributed by atoms with van der Waals surface area (Å²) < 4.78 is 43.7. The lowest BCUT2D eigenvalue weighted by atomic mass is 10.0. The highest BCUT2D eigenvalue weighted by atomic mass is 19.4. The summed E-state index contributed by atoms with van der Waals surface area (Å²) >= 11 is 0. The summed E-state index contributed by atoms with van der Waals surface area (Å²) in [6.07, 6.45) is -2.66. The summed E-state index contributed by atoms with van der Waals surface area (Å²) in [4.78, 5) is 24.4. The Morgan fingerprint density at radius 2 is 2.04 bits per heavy atom. The molecule has 2 unspecified atom stereocenters. The van der Waals surface area contributed by atoms with Gasteiger partial charge in [0.2, 0.25) is 11.8 Å². The molecule has 1 aromatic carbocycles. The number of amides is 2. The minimum absolute atomic E-state index is 0.0198. The fraction of sp³-hybridized carbons (Fsp3) is 0.556. The Bertz CT molecular complexity index is 734. The van der Waals surface area contributed by atoms with E-state index in [4.69, 9.17) is 4.74 Å². The van der Waals surface area contributed by atoms with Crippen molar-refractivity contribution >= 4 is 11.8 Å². The number of rotatable bonds is 5. The van der Waals surface area contributed by atoms with Crippen molar-refractivity contribution < 1.29 is 27.5 Å². The van der Waals surface area contributed by atoms with Crippen molar-refractivity contribution in [1.29, 1.82) is 0 Å². The largest absolute Gasteiger partial charge is 0.496 e. The summed E-state index contributed by atoms with van der Waals surface area (Å²) in [5, 5.41) is 8.72. The molecule has 6 nitrogen and oxygen atoms in total. The van der Waals surface area contributed by atoms with Crippen LogP contribution in [0.4, 0.5) is 13.2 Å². The van der Waals surface area contributed by atoms with Gasteiger partial charge in [-0.2, -0.15) is 13.2 Å². The molecule has 0 radical (unpaired) electrons. The average molecular weight is 385 g/mol. The molecular formula is C18H22F3N3O3. The third-order valence-electron chi connectivity index (χ3n) is 4.88. The molecule has 2 fully saturated rings. The lowest BCUT2D eigenvalue weighted by Gasteiger charge is -2.31. The number of carbonyl (C=O) groups is 2. The first kappa shape index (κ1) is 19.5. The van der Waals surface area contributed by atoms with Crippen molar-refractivity contribution in [3.05, 3.63) is 29.3 Å². The number of alkyl halides is 3. The van der Waals surface area contributed by atoms with Crippen LogP contribution in [0.25, 0.3) is 0 Å². The van der Waals surface area contributed by atoms with Crippen LogP contribution in [0, 0.1) is 5.92 Å². The van der Waals surface area contributed by atoms with Crippen molar-refractivity contribution in [2.24, 2.45) is 5.92 Å². The molecule has 1 aliphatic heterocycles. The van der Waals surface area contributed by atoms with Crippen molar-refractivity contribution in [3.8, 4) is 5.75 Å². The van der Waals surface area contributed by atoms with Crippen LogP contribution in [0.1, 0.15) is 43.4 Å². The van der Waals surface area contributed by atoms with Crippen LogP contribution in [0.3, 0.4) is 0 Å². The highest BCUT2D eigenvalue weighted by Crippen LogP contribution is 2.35. The predicted molar refractivity (Wildman–Crippen MR) is 90.7 cm³/mol. The summed E-state index contributed by atoms with van der Waals surface area (Å²) in [7, 11) is 1.28. The number of hydrogen-bond acceptors (Lipinski definition) is 4. The van der Waals surface area contributed by atoms with Crippen LogP contribution in [0.2, 0.25) is 0 Å². The first-order valence-electron chi connectivity index (χ1n) is 8.80.